The van der Waals surface area contributed by atoms with Gasteiger partial charge in [0.15, 0.2) is 5.78 Å². The van der Waals surface area contributed by atoms with Gasteiger partial charge in [0, 0.05) is 18.8 Å². The second-order valence-corrected chi connectivity index (χ2v) is 2.50. The molecule has 0 aromatic carbocycles. The standard InChI is InChI=1S/C9H11NO2/c1-2-8(11)9(12)7-3-5-10-6-4-7/h3-6,9,12H,2H2,1H3. The van der Waals surface area contributed by atoms with Crippen molar-refractivity contribution in [3.05, 3.63) is 30.1 Å². The molecule has 0 aliphatic heterocycles. The van der Waals surface area contributed by atoms with Gasteiger partial charge >= 0.3 is 0 Å². The molecule has 12 heavy (non-hydrogen) atoms. The van der Waals surface area contributed by atoms with Crippen molar-refractivity contribution < 1.29 is 9.90 Å². The quantitative estimate of drug-likeness (QED) is 0.729. The first-order valence-corrected chi connectivity index (χ1v) is 3.86. The van der Waals surface area contributed by atoms with Gasteiger partial charge in [0.2, 0.25) is 0 Å². The summed E-state index contributed by atoms with van der Waals surface area (Å²) in [5.41, 5.74) is 0.608. The predicted molar refractivity (Wildman–Crippen MR) is 44.5 cm³/mol. The molecule has 3 heteroatoms. The van der Waals surface area contributed by atoms with E-state index in [0.717, 1.165) is 0 Å². The van der Waals surface area contributed by atoms with Crippen molar-refractivity contribution in [2.75, 3.05) is 0 Å². The number of carbonyl (C=O) groups excluding carboxylic acids is 1. The number of rotatable bonds is 3. The molecule has 0 fully saturated rings. The SMILES string of the molecule is CCC(=O)C(O)c1ccncc1. The predicted octanol–water partition coefficient (Wildman–Crippen LogP) is 1.09. The normalized spacial score (nSPS) is 12.5. The highest BCUT2D eigenvalue weighted by molar-refractivity contribution is 5.83. The van der Waals surface area contributed by atoms with Crippen molar-refractivity contribution in [2.45, 2.75) is 19.4 Å². The summed E-state index contributed by atoms with van der Waals surface area (Å²) in [6.45, 7) is 1.73. The molecule has 1 aromatic rings. The summed E-state index contributed by atoms with van der Waals surface area (Å²) in [6, 6.07) is 3.27. The molecule has 0 bridgehead atoms. The van der Waals surface area contributed by atoms with Gasteiger partial charge in [-0.25, -0.2) is 0 Å². The fraction of sp³-hybridized carbons (Fsp3) is 0.333. The van der Waals surface area contributed by atoms with Crippen LogP contribution in [0.3, 0.4) is 0 Å². The van der Waals surface area contributed by atoms with Crippen LogP contribution in [0.25, 0.3) is 0 Å². The Morgan fingerprint density at radius 3 is 2.67 bits per heavy atom. The molecule has 0 spiro atoms. The maximum Gasteiger partial charge on any atom is 0.165 e. The maximum atomic E-state index is 11.0. The van der Waals surface area contributed by atoms with Crippen LogP contribution >= 0.6 is 0 Å². The van der Waals surface area contributed by atoms with Crippen LogP contribution in [0.5, 0.6) is 0 Å². The van der Waals surface area contributed by atoms with Crippen molar-refractivity contribution in [2.24, 2.45) is 0 Å². The molecule has 64 valence electrons. The number of hydrogen-bond donors (Lipinski definition) is 1. The van der Waals surface area contributed by atoms with Gasteiger partial charge < -0.3 is 5.11 Å². The lowest BCUT2D eigenvalue weighted by Gasteiger charge is -2.06. The monoisotopic (exact) mass is 165 g/mol. The van der Waals surface area contributed by atoms with Crippen LogP contribution in [-0.2, 0) is 4.79 Å². The van der Waals surface area contributed by atoms with Gasteiger partial charge in [0.05, 0.1) is 0 Å². The van der Waals surface area contributed by atoms with Crippen molar-refractivity contribution in [3.63, 3.8) is 0 Å². The van der Waals surface area contributed by atoms with Crippen LogP contribution in [0.4, 0.5) is 0 Å². The van der Waals surface area contributed by atoms with Crippen molar-refractivity contribution >= 4 is 5.78 Å². The Hall–Kier alpha value is -1.22. The highest BCUT2D eigenvalue weighted by atomic mass is 16.3. The summed E-state index contributed by atoms with van der Waals surface area (Å²) in [5, 5.41) is 9.41. The average Bonchev–Trinajstić information content (AvgIpc) is 2.17. The summed E-state index contributed by atoms with van der Waals surface area (Å²) >= 11 is 0. The zero-order chi connectivity index (χ0) is 8.97. The first kappa shape index (κ1) is 8.87. The number of carbonyl (C=O) groups is 1. The van der Waals surface area contributed by atoms with Gasteiger partial charge in [0.25, 0.3) is 0 Å². The van der Waals surface area contributed by atoms with Crippen LogP contribution in [0.2, 0.25) is 0 Å². The van der Waals surface area contributed by atoms with Gasteiger partial charge in [-0.3, -0.25) is 9.78 Å². The number of ketones is 1. The zero-order valence-electron chi connectivity index (χ0n) is 6.90. The molecule has 0 saturated carbocycles. The van der Waals surface area contributed by atoms with E-state index in [1.165, 1.54) is 0 Å². The zero-order valence-corrected chi connectivity index (χ0v) is 6.90. The summed E-state index contributed by atoms with van der Waals surface area (Å²) in [4.78, 5) is 14.8. The highest BCUT2D eigenvalue weighted by Gasteiger charge is 2.13. The van der Waals surface area contributed by atoms with E-state index >= 15 is 0 Å². The van der Waals surface area contributed by atoms with E-state index in [-0.39, 0.29) is 5.78 Å². The minimum atomic E-state index is -0.988. The molecule has 0 aliphatic rings. The third-order valence-corrected chi connectivity index (χ3v) is 1.68. The molecule has 0 saturated heterocycles. The highest BCUT2D eigenvalue weighted by Crippen LogP contribution is 2.13. The molecule has 1 atom stereocenters. The van der Waals surface area contributed by atoms with E-state index in [1.807, 2.05) is 0 Å². The maximum absolute atomic E-state index is 11.0. The number of hydrogen-bond acceptors (Lipinski definition) is 3. The molecule has 0 aliphatic carbocycles. The molecule has 1 unspecified atom stereocenters. The fourth-order valence-corrected chi connectivity index (χ4v) is 0.925. The number of nitrogens with zero attached hydrogens (tertiary/aromatic N) is 1. The van der Waals surface area contributed by atoms with Crippen LogP contribution in [0, 0.1) is 0 Å². The molecule has 1 rings (SSSR count). The van der Waals surface area contributed by atoms with Crippen molar-refractivity contribution in [1.29, 1.82) is 0 Å². The molecular weight excluding hydrogens is 154 g/mol. The van der Waals surface area contributed by atoms with E-state index in [1.54, 1.807) is 31.5 Å². The second-order valence-electron chi connectivity index (χ2n) is 2.50. The molecule has 0 amide bonds. The Kier molecular flexibility index (Phi) is 2.94. The van der Waals surface area contributed by atoms with E-state index in [0.29, 0.717) is 12.0 Å². The fourth-order valence-electron chi connectivity index (χ4n) is 0.925. The smallest absolute Gasteiger partial charge is 0.165 e. The molecule has 3 nitrogen and oxygen atoms in total. The van der Waals surface area contributed by atoms with Crippen LogP contribution in [-0.4, -0.2) is 15.9 Å². The number of aliphatic hydroxyl groups excluding tert-OH is 1. The second kappa shape index (κ2) is 3.97. The van der Waals surface area contributed by atoms with Crippen LogP contribution in [0.1, 0.15) is 25.0 Å². The van der Waals surface area contributed by atoms with E-state index in [2.05, 4.69) is 4.98 Å². The Morgan fingerprint density at radius 1 is 1.58 bits per heavy atom. The summed E-state index contributed by atoms with van der Waals surface area (Å²) in [7, 11) is 0. The minimum absolute atomic E-state index is 0.166. The van der Waals surface area contributed by atoms with Gasteiger partial charge in [-0.15, -0.1) is 0 Å². The Bertz CT molecular complexity index is 258. The molecule has 1 aromatic heterocycles. The summed E-state index contributed by atoms with van der Waals surface area (Å²) < 4.78 is 0. The Labute approximate surface area is 71.1 Å². The number of aromatic nitrogens is 1. The lowest BCUT2D eigenvalue weighted by molar-refractivity contribution is -0.127. The van der Waals surface area contributed by atoms with E-state index in [9.17, 15) is 9.90 Å². The van der Waals surface area contributed by atoms with Crippen molar-refractivity contribution in [1.82, 2.24) is 4.98 Å². The van der Waals surface area contributed by atoms with Crippen molar-refractivity contribution in [3.8, 4) is 0 Å². The molecular formula is C9H11NO2. The van der Waals surface area contributed by atoms with E-state index < -0.39 is 6.10 Å². The third kappa shape index (κ3) is 1.89. The molecule has 1 N–H and O–H groups in total. The first-order valence-electron chi connectivity index (χ1n) is 3.86. The van der Waals surface area contributed by atoms with Crippen LogP contribution < -0.4 is 0 Å². The van der Waals surface area contributed by atoms with Gasteiger partial charge in [-0.05, 0) is 17.7 Å². The minimum Gasteiger partial charge on any atom is -0.381 e. The van der Waals surface area contributed by atoms with Gasteiger partial charge in [-0.1, -0.05) is 6.92 Å². The third-order valence-electron chi connectivity index (χ3n) is 1.68. The average molecular weight is 165 g/mol. The molecule has 1 heterocycles. The lowest BCUT2D eigenvalue weighted by Crippen LogP contribution is -2.10. The Morgan fingerprint density at radius 2 is 2.17 bits per heavy atom. The topological polar surface area (TPSA) is 50.2 Å². The number of pyridine rings is 1. The van der Waals surface area contributed by atoms with Gasteiger partial charge in [0.1, 0.15) is 6.10 Å². The number of aliphatic hydroxyl groups is 1. The Balaban J connectivity index is 2.78. The molecule has 0 radical (unpaired) electrons. The lowest BCUT2D eigenvalue weighted by atomic mass is 10.1. The summed E-state index contributed by atoms with van der Waals surface area (Å²) in [6.07, 6.45) is 2.48. The van der Waals surface area contributed by atoms with Crippen LogP contribution in [0.15, 0.2) is 24.5 Å². The largest absolute Gasteiger partial charge is 0.381 e. The first-order chi connectivity index (χ1) is 5.75. The number of Topliss-reactive ketones (excluding diaryl/α,β-unsaturated/α-hetero) is 1. The van der Waals surface area contributed by atoms with E-state index in [4.69, 9.17) is 0 Å². The summed E-state index contributed by atoms with van der Waals surface area (Å²) in [5.74, 6) is -0.166. The van der Waals surface area contributed by atoms with Gasteiger partial charge in [-0.2, -0.15) is 0 Å².